The van der Waals surface area contributed by atoms with E-state index in [0.29, 0.717) is 26.2 Å². The largest absolute Gasteiger partial charge is 0.466 e. The average molecular weight is 527 g/mol. The molecule has 0 heterocycles. The van der Waals surface area contributed by atoms with E-state index in [9.17, 15) is 4.79 Å². The Morgan fingerprint density at radius 1 is 0.816 bits per heavy atom. The summed E-state index contributed by atoms with van der Waals surface area (Å²) in [6.45, 7) is 5.31. The first kappa shape index (κ1) is 31.7. The number of esters is 1. The highest BCUT2D eigenvalue weighted by atomic mass is 16.7. The van der Waals surface area contributed by atoms with Crippen molar-refractivity contribution in [3.63, 3.8) is 0 Å². The van der Waals surface area contributed by atoms with Gasteiger partial charge < -0.3 is 23.7 Å². The molecule has 0 saturated heterocycles. The maximum atomic E-state index is 12.6. The molecule has 3 unspecified atom stereocenters. The number of ether oxygens (including phenoxy) is 5. The topological polar surface area (TPSA) is 63.2 Å². The van der Waals surface area contributed by atoms with Gasteiger partial charge in [-0.15, -0.1) is 0 Å². The van der Waals surface area contributed by atoms with E-state index in [1.54, 1.807) is 14.2 Å². The third kappa shape index (κ3) is 12.8. The van der Waals surface area contributed by atoms with Gasteiger partial charge in [-0.1, -0.05) is 99.0 Å². The molecule has 0 aromatic heterocycles. The maximum absolute atomic E-state index is 12.6. The molecule has 2 rings (SSSR count). The molecule has 6 nitrogen and oxygen atoms in total. The molecule has 0 fully saturated rings. The van der Waals surface area contributed by atoms with Gasteiger partial charge in [-0.05, 0) is 24.5 Å². The summed E-state index contributed by atoms with van der Waals surface area (Å²) in [7, 11) is 3.22. The fraction of sp³-hybridized carbons (Fsp3) is 0.531. The Kier molecular flexibility index (Phi) is 16.3. The van der Waals surface area contributed by atoms with Crippen LogP contribution in [0.4, 0.5) is 0 Å². The standard InChI is InChI=1S/C32H46O6/c1-5-7-10-19-29(37-24-26-15-11-8-12-16-26)21-20-28(22-31(33)36-6-2)30(23-32(34-3)35-4)38-25-27-17-13-9-14-18-27/h8-9,11-18,20-21,28-30,32H,5-7,10,19,22-25H2,1-4H3. The second kappa shape index (κ2) is 19.5. The van der Waals surface area contributed by atoms with Gasteiger partial charge in [0.1, 0.15) is 0 Å². The van der Waals surface area contributed by atoms with Crippen LogP contribution in [0.15, 0.2) is 72.8 Å². The molecule has 0 saturated carbocycles. The molecule has 0 spiro atoms. The van der Waals surface area contributed by atoms with E-state index < -0.39 is 6.29 Å². The molecule has 0 amide bonds. The average Bonchev–Trinajstić information content (AvgIpc) is 2.95. The van der Waals surface area contributed by atoms with Crippen LogP contribution in [0.25, 0.3) is 0 Å². The highest BCUT2D eigenvalue weighted by Gasteiger charge is 2.27. The van der Waals surface area contributed by atoms with E-state index in [4.69, 9.17) is 23.7 Å². The van der Waals surface area contributed by atoms with Crippen LogP contribution in [0.5, 0.6) is 0 Å². The Labute approximate surface area is 229 Å². The van der Waals surface area contributed by atoms with Crippen LogP contribution in [-0.4, -0.2) is 45.3 Å². The van der Waals surface area contributed by atoms with Crippen LogP contribution in [0.3, 0.4) is 0 Å². The van der Waals surface area contributed by atoms with Crippen LogP contribution < -0.4 is 0 Å². The monoisotopic (exact) mass is 526 g/mol. The summed E-state index contributed by atoms with van der Waals surface area (Å²) in [4.78, 5) is 12.6. The summed E-state index contributed by atoms with van der Waals surface area (Å²) in [5.74, 6) is -0.492. The lowest BCUT2D eigenvalue weighted by molar-refractivity contribution is -0.150. The summed E-state index contributed by atoms with van der Waals surface area (Å²) in [5.41, 5.74) is 2.20. The first-order valence-corrected chi connectivity index (χ1v) is 13.8. The molecule has 0 aliphatic heterocycles. The van der Waals surface area contributed by atoms with Crippen molar-refractivity contribution < 1.29 is 28.5 Å². The Hall–Kier alpha value is -2.51. The zero-order chi connectivity index (χ0) is 27.4. The van der Waals surface area contributed by atoms with Gasteiger partial charge >= 0.3 is 5.97 Å². The van der Waals surface area contributed by atoms with Gasteiger partial charge in [0.05, 0.1) is 38.4 Å². The van der Waals surface area contributed by atoms with Crippen molar-refractivity contribution >= 4 is 5.97 Å². The van der Waals surface area contributed by atoms with Crippen molar-refractivity contribution in [2.24, 2.45) is 5.92 Å². The SMILES string of the molecule is CCCCCC(C=CC(CC(=O)OCC)C(CC(OC)OC)OCc1ccccc1)OCc1ccccc1. The minimum Gasteiger partial charge on any atom is -0.466 e. The van der Waals surface area contributed by atoms with Crippen molar-refractivity contribution in [2.45, 2.75) is 84.1 Å². The third-order valence-corrected chi connectivity index (χ3v) is 6.41. The number of unbranched alkanes of at least 4 members (excludes halogenated alkanes) is 2. The first-order chi connectivity index (χ1) is 18.6. The summed E-state index contributed by atoms with van der Waals surface area (Å²) in [5, 5.41) is 0. The second-order valence-electron chi connectivity index (χ2n) is 9.36. The highest BCUT2D eigenvalue weighted by Crippen LogP contribution is 2.24. The van der Waals surface area contributed by atoms with Crippen LogP contribution in [0.2, 0.25) is 0 Å². The number of hydrogen-bond donors (Lipinski definition) is 0. The van der Waals surface area contributed by atoms with Gasteiger partial charge in [-0.2, -0.15) is 0 Å². The van der Waals surface area contributed by atoms with Crippen molar-refractivity contribution in [1.29, 1.82) is 0 Å². The fourth-order valence-electron chi connectivity index (χ4n) is 4.23. The number of rotatable bonds is 20. The molecule has 0 aliphatic rings. The van der Waals surface area contributed by atoms with Crippen molar-refractivity contribution in [3.05, 3.63) is 83.9 Å². The van der Waals surface area contributed by atoms with Crippen LogP contribution in [0.1, 0.15) is 63.5 Å². The highest BCUT2D eigenvalue weighted by molar-refractivity contribution is 5.70. The number of carbonyl (C=O) groups excluding carboxylic acids is 1. The Balaban J connectivity index is 2.24. The number of benzene rings is 2. The normalized spacial score (nSPS) is 14.0. The van der Waals surface area contributed by atoms with E-state index in [2.05, 4.69) is 31.2 Å². The van der Waals surface area contributed by atoms with Gasteiger partial charge in [0.2, 0.25) is 0 Å². The minimum absolute atomic E-state index is 0.0677. The Bertz CT molecular complexity index is 881. The molecule has 6 heteroatoms. The third-order valence-electron chi connectivity index (χ3n) is 6.41. The first-order valence-electron chi connectivity index (χ1n) is 13.8. The smallest absolute Gasteiger partial charge is 0.306 e. The molecular weight excluding hydrogens is 480 g/mol. The second-order valence-corrected chi connectivity index (χ2v) is 9.36. The van der Waals surface area contributed by atoms with Crippen molar-refractivity contribution in [3.8, 4) is 0 Å². The summed E-state index contributed by atoms with van der Waals surface area (Å²) in [6, 6.07) is 20.2. The van der Waals surface area contributed by atoms with Crippen molar-refractivity contribution in [1.82, 2.24) is 0 Å². The van der Waals surface area contributed by atoms with Gasteiger partial charge in [-0.3, -0.25) is 4.79 Å². The van der Waals surface area contributed by atoms with Crippen LogP contribution in [0, 0.1) is 5.92 Å². The number of hydrogen-bond acceptors (Lipinski definition) is 6. The molecule has 210 valence electrons. The molecule has 0 N–H and O–H groups in total. The number of carbonyl (C=O) groups is 1. The molecular formula is C32H46O6. The Morgan fingerprint density at radius 2 is 1.42 bits per heavy atom. The van der Waals surface area contributed by atoms with E-state index in [1.807, 2.05) is 55.5 Å². The van der Waals surface area contributed by atoms with Gasteiger partial charge in [-0.25, -0.2) is 0 Å². The molecule has 3 atom stereocenters. The predicted molar refractivity (Wildman–Crippen MR) is 150 cm³/mol. The summed E-state index contributed by atoms with van der Waals surface area (Å²) >= 11 is 0. The zero-order valence-corrected chi connectivity index (χ0v) is 23.6. The van der Waals surface area contributed by atoms with E-state index >= 15 is 0 Å². The lowest BCUT2D eigenvalue weighted by Crippen LogP contribution is -2.31. The van der Waals surface area contributed by atoms with E-state index in [1.165, 1.54) is 0 Å². The van der Waals surface area contributed by atoms with Gasteiger partial charge in [0.25, 0.3) is 0 Å². The molecule has 0 bridgehead atoms. The van der Waals surface area contributed by atoms with E-state index in [0.717, 1.165) is 36.8 Å². The quantitative estimate of drug-likeness (QED) is 0.0812. The number of methoxy groups -OCH3 is 2. The van der Waals surface area contributed by atoms with Crippen molar-refractivity contribution in [2.75, 3.05) is 20.8 Å². The van der Waals surface area contributed by atoms with E-state index in [-0.39, 0.29) is 30.5 Å². The van der Waals surface area contributed by atoms with Gasteiger partial charge in [0.15, 0.2) is 6.29 Å². The fourth-order valence-corrected chi connectivity index (χ4v) is 4.23. The lowest BCUT2D eigenvalue weighted by Gasteiger charge is -2.28. The predicted octanol–water partition coefficient (Wildman–Crippen LogP) is 6.87. The Morgan fingerprint density at radius 3 is 1.97 bits per heavy atom. The van der Waals surface area contributed by atoms with Crippen LogP contribution >= 0.6 is 0 Å². The molecule has 0 radical (unpaired) electrons. The van der Waals surface area contributed by atoms with Gasteiger partial charge in [0, 0.05) is 26.6 Å². The maximum Gasteiger partial charge on any atom is 0.306 e. The molecule has 0 aliphatic carbocycles. The lowest BCUT2D eigenvalue weighted by atomic mass is 9.93. The molecule has 38 heavy (non-hydrogen) atoms. The van der Waals surface area contributed by atoms with Crippen LogP contribution in [-0.2, 0) is 41.7 Å². The molecule has 2 aromatic carbocycles. The molecule has 2 aromatic rings. The summed E-state index contributed by atoms with van der Waals surface area (Å²) < 4.78 is 29.0. The zero-order valence-electron chi connectivity index (χ0n) is 23.6. The minimum atomic E-state index is -0.455. The summed E-state index contributed by atoms with van der Waals surface area (Å²) in [6.07, 6.45) is 8.26.